The zero-order valence-electron chi connectivity index (χ0n) is 12.1. The second-order valence-electron chi connectivity index (χ2n) is 4.68. The molecule has 3 nitrogen and oxygen atoms in total. The molecule has 1 N–H and O–H groups in total. The van der Waals surface area contributed by atoms with Crippen molar-refractivity contribution in [2.24, 2.45) is 0 Å². The molecule has 0 aliphatic rings. The normalized spacial score (nSPS) is 10.2. The minimum Gasteiger partial charge on any atom is -0.494 e. The number of carbonyl (C=O) groups excluding carboxylic acids is 1. The van der Waals surface area contributed by atoms with E-state index >= 15 is 0 Å². The molecule has 1 amide bonds. The van der Waals surface area contributed by atoms with E-state index < -0.39 is 0 Å². The van der Waals surface area contributed by atoms with Crippen LogP contribution in [0.25, 0.3) is 0 Å². The summed E-state index contributed by atoms with van der Waals surface area (Å²) < 4.78 is 5.37. The summed E-state index contributed by atoms with van der Waals surface area (Å²) in [7, 11) is 0. The minimum atomic E-state index is -0.106. The fourth-order valence-corrected chi connectivity index (χ4v) is 2.07. The first-order valence-corrected chi connectivity index (χ1v) is 6.72. The zero-order chi connectivity index (χ0) is 14.5. The number of para-hydroxylation sites is 1. The Kier molecular flexibility index (Phi) is 4.41. The summed E-state index contributed by atoms with van der Waals surface area (Å²) >= 11 is 0. The summed E-state index contributed by atoms with van der Waals surface area (Å²) in [6, 6.07) is 13.1. The van der Waals surface area contributed by atoms with Gasteiger partial charge >= 0.3 is 0 Å². The van der Waals surface area contributed by atoms with Crippen molar-refractivity contribution in [1.29, 1.82) is 0 Å². The lowest BCUT2D eigenvalue weighted by Crippen LogP contribution is -2.13. The van der Waals surface area contributed by atoms with E-state index in [-0.39, 0.29) is 5.91 Å². The van der Waals surface area contributed by atoms with E-state index in [0.717, 1.165) is 22.6 Å². The van der Waals surface area contributed by atoms with Crippen molar-refractivity contribution in [3.63, 3.8) is 0 Å². The van der Waals surface area contributed by atoms with Crippen LogP contribution in [-0.4, -0.2) is 12.5 Å². The third-order valence-corrected chi connectivity index (χ3v) is 3.15. The highest BCUT2D eigenvalue weighted by atomic mass is 16.5. The molecule has 0 radical (unpaired) electrons. The van der Waals surface area contributed by atoms with Gasteiger partial charge in [0.15, 0.2) is 0 Å². The third-order valence-electron chi connectivity index (χ3n) is 3.15. The lowest BCUT2D eigenvalue weighted by atomic mass is 10.1. The Balaban J connectivity index is 2.16. The van der Waals surface area contributed by atoms with Gasteiger partial charge in [-0.25, -0.2) is 0 Å². The molecule has 0 fully saturated rings. The lowest BCUT2D eigenvalue weighted by molar-refractivity contribution is 0.102. The van der Waals surface area contributed by atoms with E-state index in [9.17, 15) is 4.79 Å². The van der Waals surface area contributed by atoms with Crippen LogP contribution in [0.3, 0.4) is 0 Å². The predicted molar refractivity (Wildman–Crippen MR) is 81.5 cm³/mol. The van der Waals surface area contributed by atoms with Crippen molar-refractivity contribution >= 4 is 11.6 Å². The van der Waals surface area contributed by atoms with Gasteiger partial charge in [-0.2, -0.15) is 0 Å². The number of hydrogen-bond donors (Lipinski definition) is 1. The zero-order valence-corrected chi connectivity index (χ0v) is 12.1. The van der Waals surface area contributed by atoms with Crippen LogP contribution in [-0.2, 0) is 0 Å². The highest BCUT2D eigenvalue weighted by molar-refractivity contribution is 6.05. The Morgan fingerprint density at radius 1 is 1.05 bits per heavy atom. The Bertz CT molecular complexity index is 583. The van der Waals surface area contributed by atoms with Gasteiger partial charge in [-0.1, -0.05) is 18.2 Å². The smallest absolute Gasteiger partial charge is 0.255 e. The fraction of sp³-hybridized carbons (Fsp3) is 0.235. The average molecular weight is 269 g/mol. The van der Waals surface area contributed by atoms with Crippen LogP contribution in [0.2, 0.25) is 0 Å². The van der Waals surface area contributed by atoms with Crippen LogP contribution in [0.15, 0.2) is 42.5 Å². The van der Waals surface area contributed by atoms with E-state index in [1.807, 2.05) is 51.1 Å². The number of anilines is 1. The van der Waals surface area contributed by atoms with E-state index in [4.69, 9.17) is 4.74 Å². The van der Waals surface area contributed by atoms with Crippen molar-refractivity contribution in [3.05, 3.63) is 59.2 Å². The number of aryl methyl sites for hydroxylation is 2. The largest absolute Gasteiger partial charge is 0.494 e. The molecule has 0 atom stereocenters. The molecule has 0 heterocycles. The van der Waals surface area contributed by atoms with Crippen LogP contribution in [0.1, 0.15) is 28.4 Å². The molecule has 0 bridgehead atoms. The molecule has 2 rings (SSSR count). The van der Waals surface area contributed by atoms with Crippen LogP contribution in [0.4, 0.5) is 5.69 Å². The van der Waals surface area contributed by atoms with Gasteiger partial charge in [0.1, 0.15) is 5.75 Å². The SMILES string of the molecule is CCOc1ccc(C(=O)Nc2c(C)cccc2C)cc1. The maximum atomic E-state index is 12.2. The second-order valence-corrected chi connectivity index (χ2v) is 4.68. The highest BCUT2D eigenvalue weighted by Crippen LogP contribution is 2.21. The average Bonchev–Trinajstić information content (AvgIpc) is 2.44. The number of rotatable bonds is 4. The highest BCUT2D eigenvalue weighted by Gasteiger charge is 2.09. The van der Waals surface area contributed by atoms with Gasteiger partial charge in [-0.3, -0.25) is 4.79 Å². The first-order valence-electron chi connectivity index (χ1n) is 6.72. The maximum absolute atomic E-state index is 12.2. The van der Waals surface area contributed by atoms with Gasteiger partial charge in [0.25, 0.3) is 5.91 Å². The minimum absolute atomic E-state index is 0.106. The first-order chi connectivity index (χ1) is 9.61. The summed E-state index contributed by atoms with van der Waals surface area (Å²) in [6.07, 6.45) is 0. The van der Waals surface area contributed by atoms with Crippen molar-refractivity contribution in [3.8, 4) is 5.75 Å². The molecule has 0 spiro atoms. The predicted octanol–water partition coefficient (Wildman–Crippen LogP) is 3.95. The summed E-state index contributed by atoms with van der Waals surface area (Å²) in [6.45, 7) is 6.52. The number of amides is 1. The van der Waals surface area contributed by atoms with Crippen LogP contribution >= 0.6 is 0 Å². The number of nitrogens with one attached hydrogen (secondary N) is 1. The Morgan fingerprint density at radius 2 is 1.65 bits per heavy atom. The molecule has 0 saturated carbocycles. The van der Waals surface area contributed by atoms with E-state index in [0.29, 0.717) is 12.2 Å². The molecule has 104 valence electrons. The number of benzene rings is 2. The number of ether oxygens (including phenoxy) is 1. The monoisotopic (exact) mass is 269 g/mol. The molecule has 0 aliphatic heterocycles. The fourth-order valence-electron chi connectivity index (χ4n) is 2.07. The van der Waals surface area contributed by atoms with E-state index in [1.54, 1.807) is 12.1 Å². The van der Waals surface area contributed by atoms with E-state index in [1.165, 1.54) is 0 Å². The molecule has 0 unspecified atom stereocenters. The Labute approximate surface area is 119 Å². The van der Waals surface area contributed by atoms with Gasteiger partial charge in [-0.05, 0) is 56.2 Å². The molecular formula is C17H19NO2. The van der Waals surface area contributed by atoms with Gasteiger partial charge in [-0.15, -0.1) is 0 Å². The standard InChI is InChI=1S/C17H19NO2/c1-4-20-15-10-8-14(9-11-15)17(19)18-16-12(2)6-5-7-13(16)3/h5-11H,4H2,1-3H3,(H,18,19). The molecule has 3 heteroatoms. The van der Waals surface area contributed by atoms with Crippen LogP contribution < -0.4 is 10.1 Å². The molecule has 20 heavy (non-hydrogen) atoms. The molecule has 2 aromatic carbocycles. The van der Waals surface area contributed by atoms with Crippen LogP contribution in [0, 0.1) is 13.8 Å². The van der Waals surface area contributed by atoms with Crippen LogP contribution in [0.5, 0.6) is 5.75 Å². The van der Waals surface area contributed by atoms with Gasteiger partial charge < -0.3 is 10.1 Å². The molecule has 2 aromatic rings. The van der Waals surface area contributed by atoms with Crippen molar-refractivity contribution in [2.45, 2.75) is 20.8 Å². The molecule has 0 aromatic heterocycles. The first kappa shape index (κ1) is 14.1. The summed E-state index contributed by atoms with van der Waals surface area (Å²) in [5, 5.41) is 2.97. The summed E-state index contributed by atoms with van der Waals surface area (Å²) in [5.41, 5.74) is 3.62. The van der Waals surface area contributed by atoms with Crippen molar-refractivity contribution in [1.82, 2.24) is 0 Å². The van der Waals surface area contributed by atoms with Gasteiger partial charge in [0, 0.05) is 11.3 Å². The Morgan fingerprint density at radius 3 is 2.20 bits per heavy atom. The van der Waals surface area contributed by atoms with Crippen molar-refractivity contribution < 1.29 is 9.53 Å². The Hall–Kier alpha value is -2.29. The molecule has 0 saturated heterocycles. The maximum Gasteiger partial charge on any atom is 0.255 e. The molecule has 0 aliphatic carbocycles. The van der Waals surface area contributed by atoms with Gasteiger partial charge in [0.05, 0.1) is 6.61 Å². The number of hydrogen-bond acceptors (Lipinski definition) is 2. The number of carbonyl (C=O) groups is 1. The van der Waals surface area contributed by atoms with Gasteiger partial charge in [0.2, 0.25) is 0 Å². The lowest BCUT2D eigenvalue weighted by Gasteiger charge is -2.11. The topological polar surface area (TPSA) is 38.3 Å². The summed E-state index contributed by atoms with van der Waals surface area (Å²) in [4.78, 5) is 12.2. The quantitative estimate of drug-likeness (QED) is 0.912. The van der Waals surface area contributed by atoms with E-state index in [2.05, 4.69) is 5.32 Å². The summed E-state index contributed by atoms with van der Waals surface area (Å²) in [5.74, 6) is 0.668. The third kappa shape index (κ3) is 3.18. The molecular weight excluding hydrogens is 250 g/mol. The second kappa shape index (κ2) is 6.24. The van der Waals surface area contributed by atoms with Crippen molar-refractivity contribution in [2.75, 3.05) is 11.9 Å².